The Kier molecular flexibility index (Phi) is 3.35. The highest BCUT2D eigenvalue weighted by Crippen LogP contribution is 2.46. The maximum Gasteiger partial charge on any atom is 0.166 e. The number of fused-ring (bicyclic) bond motifs is 3. The highest BCUT2D eigenvalue weighted by molar-refractivity contribution is 6.31. The number of nitrogens with one attached hydrogen (secondary N) is 1. The molecule has 0 aromatic heterocycles. The van der Waals surface area contributed by atoms with Gasteiger partial charge in [-0.25, -0.2) is 0 Å². The molecule has 0 radical (unpaired) electrons. The molecular weight excluding hydrogens is 250 g/mol. The third kappa shape index (κ3) is 1.95. The van der Waals surface area contributed by atoms with E-state index in [2.05, 4.69) is 5.32 Å². The monoisotopic (exact) mass is 267 g/mol. The summed E-state index contributed by atoms with van der Waals surface area (Å²) in [6.07, 6.45) is 4.24. The second-order valence-electron chi connectivity index (χ2n) is 4.86. The van der Waals surface area contributed by atoms with Crippen LogP contribution in [0.5, 0.6) is 11.5 Å². The molecule has 18 heavy (non-hydrogen) atoms. The van der Waals surface area contributed by atoms with Gasteiger partial charge in [-0.3, -0.25) is 0 Å². The van der Waals surface area contributed by atoms with Crippen molar-refractivity contribution in [1.82, 2.24) is 5.32 Å². The molecule has 1 atom stereocenters. The fraction of sp³-hybridized carbons (Fsp3) is 0.571. The van der Waals surface area contributed by atoms with Crippen LogP contribution in [0.4, 0.5) is 0 Å². The Morgan fingerprint density at radius 1 is 1.28 bits per heavy atom. The van der Waals surface area contributed by atoms with Crippen molar-refractivity contribution in [2.45, 2.75) is 31.7 Å². The van der Waals surface area contributed by atoms with Crippen LogP contribution in [0.3, 0.4) is 0 Å². The minimum atomic E-state index is 0.322. The zero-order valence-electron chi connectivity index (χ0n) is 10.6. The minimum absolute atomic E-state index is 0.322. The quantitative estimate of drug-likeness (QED) is 0.848. The van der Waals surface area contributed by atoms with E-state index < -0.39 is 0 Å². The second kappa shape index (κ2) is 4.98. The molecule has 2 aliphatic rings. The predicted molar refractivity (Wildman–Crippen MR) is 71.8 cm³/mol. The van der Waals surface area contributed by atoms with Crippen molar-refractivity contribution in [1.29, 1.82) is 0 Å². The molecule has 98 valence electrons. The van der Waals surface area contributed by atoms with E-state index in [1.54, 1.807) is 0 Å². The standard InChI is InChI=1S/C14H18ClNO2/c1-16-11-5-2-4-9-10(15)8-12-14(13(9)11)18-7-3-6-17-12/h8,11,16H,2-7H2,1H3. The van der Waals surface area contributed by atoms with Crippen LogP contribution in [0, 0.1) is 0 Å². The fourth-order valence-electron chi connectivity index (χ4n) is 2.88. The van der Waals surface area contributed by atoms with Gasteiger partial charge in [0.05, 0.1) is 13.2 Å². The van der Waals surface area contributed by atoms with E-state index >= 15 is 0 Å². The average molecular weight is 268 g/mol. The Hall–Kier alpha value is -0.930. The molecule has 1 aliphatic carbocycles. The molecule has 0 bridgehead atoms. The first-order valence-corrected chi connectivity index (χ1v) is 6.97. The number of benzene rings is 1. The van der Waals surface area contributed by atoms with E-state index in [0.717, 1.165) is 48.8 Å². The topological polar surface area (TPSA) is 30.5 Å². The summed E-state index contributed by atoms with van der Waals surface area (Å²) in [4.78, 5) is 0. The van der Waals surface area contributed by atoms with E-state index in [9.17, 15) is 0 Å². The Morgan fingerprint density at radius 2 is 2.11 bits per heavy atom. The van der Waals surface area contributed by atoms with E-state index in [4.69, 9.17) is 21.1 Å². The van der Waals surface area contributed by atoms with Crippen LogP contribution in [0.15, 0.2) is 6.07 Å². The molecule has 3 rings (SSSR count). The van der Waals surface area contributed by atoms with Gasteiger partial charge in [0.15, 0.2) is 11.5 Å². The second-order valence-corrected chi connectivity index (χ2v) is 5.27. The highest BCUT2D eigenvalue weighted by atomic mass is 35.5. The number of hydrogen-bond donors (Lipinski definition) is 1. The van der Waals surface area contributed by atoms with Crippen LogP contribution in [-0.4, -0.2) is 20.3 Å². The van der Waals surface area contributed by atoms with E-state index in [0.29, 0.717) is 12.6 Å². The predicted octanol–water partition coefficient (Wildman–Crippen LogP) is 3.10. The molecule has 3 nitrogen and oxygen atoms in total. The summed E-state index contributed by atoms with van der Waals surface area (Å²) >= 11 is 6.39. The van der Waals surface area contributed by atoms with Gasteiger partial charge < -0.3 is 14.8 Å². The molecule has 1 aromatic carbocycles. The number of halogens is 1. The molecule has 4 heteroatoms. The van der Waals surface area contributed by atoms with Gasteiger partial charge in [-0.05, 0) is 31.9 Å². The van der Waals surface area contributed by atoms with Crippen molar-refractivity contribution >= 4 is 11.6 Å². The first-order chi connectivity index (χ1) is 8.81. The van der Waals surface area contributed by atoms with Crippen molar-refractivity contribution in [2.75, 3.05) is 20.3 Å². The normalized spacial score (nSPS) is 22.2. The highest BCUT2D eigenvalue weighted by Gasteiger charge is 2.28. The number of rotatable bonds is 1. The molecule has 1 aliphatic heterocycles. The summed E-state index contributed by atoms with van der Waals surface area (Å²) in [5.74, 6) is 1.71. The van der Waals surface area contributed by atoms with Gasteiger partial charge in [-0.15, -0.1) is 0 Å². The van der Waals surface area contributed by atoms with Gasteiger partial charge in [0.2, 0.25) is 0 Å². The fourth-order valence-corrected chi connectivity index (χ4v) is 3.17. The van der Waals surface area contributed by atoms with Gasteiger partial charge in [-0.2, -0.15) is 0 Å². The average Bonchev–Trinajstić information content (AvgIpc) is 2.63. The third-order valence-corrected chi connectivity index (χ3v) is 4.09. The van der Waals surface area contributed by atoms with Gasteiger partial charge >= 0.3 is 0 Å². The molecule has 0 spiro atoms. The van der Waals surface area contributed by atoms with Gasteiger partial charge in [0.1, 0.15) is 0 Å². The molecule has 1 aromatic rings. The smallest absolute Gasteiger partial charge is 0.166 e. The summed E-state index contributed by atoms with van der Waals surface area (Å²) < 4.78 is 11.7. The van der Waals surface area contributed by atoms with E-state index in [-0.39, 0.29) is 0 Å². The van der Waals surface area contributed by atoms with Crippen molar-refractivity contribution in [3.63, 3.8) is 0 Å². The number of hydrogen-bond acceptors (Lipinski definition) is 3. The molecule has 1 unspecified atom stereocenters. The lowest BCUT2D eigenvalue weighted by Crippen LogP contribution is -2.23. The first-order valence-electron chi connectivity index (χ1n) is 6.59. The summed E-state index contributed by atoms with van der Waals surface area (Å²) in [5.41, 5.74) is 2.44. The lowest BCUT2D eigenvalue weighted by molar-refractivity contribution is 0.294. The third-order valence-electron chi connectivity index (χ3n) is 3.75. The van der Waals surface area contributed by atoms with Crippen LogP contribution in [0.2, 0.25) is 5.02 Å². The summed E-state index contributed by atoms with van der Waals surface area (Å²) in [6.45, 7) is 1.42. The molecule has 1 N–H and O–H groups in total. The summed E-state index contributed by atoms with van der Waals surface area (Å²) in [7, 11) is 1.99. The largest absolute Gasteiger partial charge is 0.489 e. The van der Waals surface area contributed by atoms with Gasteiger partial charge in [0, 0.05) is 29.1 Å². The lowest BCUT2D eigenvalue weighted by atomic mass is 9.86. The van der Waals surface area contributed by atoms with Crippen LogP contribution in [-0.2, 0) is 6.42 Å². The van der Waals surface area contributed by atoms with Crippen LogP contribution < -0.4 is 14.8 Å². The zero-order chi connectivity index (χ0) is 12.5. The van der Waals surface area contributed by atoms with E-state index in [1.807, 2.05) is 13.1 Å². The maximum absolute atomic E-state index is 6.39. The molecule has 0 saturated carbocycles. The van der Waals surface area contributed by atoms with Crippen LogP contribution in [0.1, 0.15) is 36.4 Å². The van der Waals surface area contributed by atoms with Gasteiger partial charge in [0.25, 0.3) is 0 Å². The first kappa shape index (κ1) is 12.1. The minimum Gasteiger partial charge on any atom is -0.489 e. The number of ether oxygens (including phenoxy) is 2. The summed E-state index contributed by atoms with van der Waals surface area (Å²) in [5, 5.41) is 4.18. The van der Waals surface area contributed by atoms with Crippen molar-refractivity contribution in [2.24, 2.45) is 0 Å². The van der Waals surface area contributed by atoms with Crippen molar-refractivity contribution in [3.05, 3.63) is 22.2 Å². The Balaban J connectivity index is 2.16. The molecule has 1 heterocycles. The van der Waals surface area contributed by atoms with Crippen LogP contribution >= 0.6 is 11.6 Å². The van der Waals surface area contributed by atoms with Crippen molar-refractivity contribution in [3.8, 4) is 11.5 Å². The van der Waals surface area contributed by atoms with Crippen molar-refractivity contribution < 1.29 is 9.47 Å². The molecule has 0 saturated heterocycles. The van der Waals surface area contributed by atoms with E-state index in [1.165, 1.54) is 11.1 Å². The molecule has 0 fully saturated rings. The van der Waals surface area contributed by atoms with Gasteiger partial charge in [-0.1, -0.05) is 11.6 Å². The Morgan fingerprint density at radius 3 is 2.94 bits per heavy atom. The Labute approximate surface area is 112 Å². The van der Waals surface area contributed by atoms with Crippen LogP contribution in [0.25, 0.3) is 0 Å². The lowest BCUT2D eigenvalue weighted by Gasteiger charge is -2.28. The molecule has 0 amide bonds. The Bertz CT molecular complexity index is 462. The zero-order valence-corrected chi connectivity index (χ0v) is 11.3. The molecular formula is C14H18ClNO2. The summed E-state index contributed by atoms with van der Waals surface area (Å²) in [6, 6.07) is 2.24. The SMILES string of the molecule is CNC1CCCc2c(Cl)cc3c(c21)OCCCO3. The maximum atomic E-state index is 6.39.